The molecule has 1 aromatic rings. The maximum Gasteiger partial charge on any atom is 0.223 e. The van der Waals surface area contributed by atoms with Crippen molar-refractivity contribution < 1.29 is 4.79 Å². The lowest BCUT2D eigenvalue weighted by atomic mass is 9.82. The van der Waals surface area contributed by atoms with Crippen LogP contribution in [0.15, 0.2) is 24.3 Å². The van der Waals surface area contributed by atoms with Gasteiger partial charge in [-0.05, 0) is 63.2 Å². The van der Waals surface area contributed by atoms with Crippen LogP contribution in [0.25, 0.3) is 0 Å². The van der Waals surface area contributed by atoms with Crippen molar-refractivity contribution in [2.75, 3.05) is 13.1 Å². The molecule has 0 radical (unpaired) electrons. The van der Waals surface area contributed by atoms with E-state index in [0.29, 0.717) is 0 Å². The summed E-state index contributed by atoms with van der Waals surface area (Å²) in [5.41, 5.74) is 2.76. The monoisotopic (exact) mass is 272 g/mol. The molecule has 3 rings (SSSR count). The molecule has 1 atom stereocenters. The van der Waals surface area contributed by atoms with Crippen molar-refractivity contribution in [3.63, 3.8) is 0 Å². The Labute approximate surface area is 121 Å². The summed E-state index contributed by atoms with van der Waals surface area (Å²) in [6, 6.07) is 8.53. The minimum atomic E-state index is -0.0146. The second-order valence-corrected chi connectivity index (χ2v) is 6.51. The third kappa shape index (κ3) is 2.88. The van der Waals surface area contributed by atoms with E-state index in [1.54, 1.807) is 0 Å². The summed E-state index contributed by atoms with van der Waals surface area (Å²) in [7, 11) is 0. The number of rotatable bonds is 2. The van der Waals surface area contributed by atoms with E-state index in [1.807, 2.05) is 0 Å². The summed E-state index contributed by atoms with van der Waals surface area (Å²) in [5.74, 6) is 0.403. The largest absolute Gasteiger partial charge is 0.351 e. The molecule has 1 aliphatic heterocycles. The Bertz CT molecular complexity index is 492. The van der Waals surface area contributed by atoms with Crippen LogP contribution in [-0.4, -0.2) is 24.5 Å². The number of hydrogen-bond acceptors (Lipinski definition) is 2. The van der Waals surface area contributed by atoms with Crippen molar-refractivity contribution in [2.45, 2.75) is 44.6 Å². The molecule has 108 valence electrons. The molecule has 3 nitrogen and oxygen atoms in total. The van der Waals surface area contributed by atoms with Gasteiger partial charge in [0, 0.05) is 11.5 Å². The Hall–Kier alpha value is -1.35. The lowest BCUT2D eigenvalue weighted by molar-refractivity contribution is -0.127. The lowest BCUT2D eigenvalue weighted by Crippen LogP contribution is -2.54. The van der Waals surface area contributed by atoms with Gasteiger partial charge in [0.25, 0.3) is 0 Å². The SMILES string of the molecule is CC1(NC(=O)C2CCc3ccccc3C2)CCNCC1. The lowest BCUT2D eigenvalue weighted by Gasteiger charge is -2.37. The smallest absolute Gasteiger partial charge is 0.223 e. The summed E-state index contributed by atoms with van der Waals surface area (Å²) >= 11 is 0. The number of carbonyl (C=O) groups is 1. The Morgan fingerprint density at radius 1 is 1.25 bits per heavy atom. The van der Waals surface area contributed by atoms with Crippen LogP contribution in [0.3, 0.4) is 0 Å². The van der Waals surface area contributed by atoms with Gasteiger partial charge in [0.15, 0.2) is 0 Å². The van der Waals surface area contributed by atoms with Crippen LogP contribution in [0.1, 0.15) is 37.3 Å². The zero-order valence-electron chi connectivity index (χ0n) is 12.2. The van der Waals surface area contributed by atoms with Gasteiger partial charge in [-0.3, -0.25) is 4.79 Å². The molecular formula is C17H24N2O. The predicted molar refractivity (Wildman–Crippen MR) is 80.6 cm³/mol. The van der Waals surface area contributed by atoms with Gasteiger partial charge in [-0.2, -0.15) is 0 Å². The fraction of sp³-hybridized carbons (Fsp3) is 0.588. The van der Waals surface area contributed by atoms with E-state index < -0.39 is 0 Å². The number of hydrogen-bond donors (Lipinski definition) is 2. The molecule has 2 aliphatic rings. The van der Waals surface area contributed by atoms with Gasteiger partial charge < -0.3 is 10.6 Å². The van der Waals surface area contributed by atoms with Crippen molar-refractivity contribution in [3.8, 4) is 0 Å². The highest BCUT2D eigenvalue weighted by Crippen LogP contribution is 2.27. The molecule has 3 heteroatoms. The molecule has 0 aromatic heterocycles. The molecule has 0 bridgehead atoms. The van der Waals surface area contributed by atoms with Gasteiger partial charge >= 0.3 is 0 Å². The summed E-state index contributed by atoms with van der Waals surface area (Å²) in [6.07, 6.45) is 4.98. The summed E-state index contributed by atoms with van der Waals surface area (Å²) in [5, 5.41) is 6.67. The quantitative estimate of drug-likeness (QED) is 0.865. The molecule has 20 heavy (non-hydrogen) atoms. The van der Waals surface area contributed by atoms with Crippen LogP contribution >= 0.6 is 0 Å². The van der Waals surface area contributed by atoms with Crippen molar-refractivity contribution in [1.29, 1.82) is 0 Å². The number of fused-ring (bicyclic) bond motifs is 1. The number of piperidine rings is 1. The van der Waals surface area contributed by atoms with Crippen LogP contribution < -0.4 is 10.6 Å². The fourth-order valence-corrected chi connectivity index (χ4v) is 3.42. The highest BCUT2D eigenvalue weighted by atomic mass is 16.2. The molecule has 1 aromatic carbocycles. The first kappa shape index (κ1) is 13.6. The predicted octanol–water partition coefficient (Wildman–Crippen LogP) is 2.05. The number of amides is 1. The van der Waals surface area contributed by atoms with Crippen molar-refractivity contribution in [2.24, 2.45) is 5.92 Å². The topological polar surface area (TPSA) is 41.1 Å². The highest BCUT2D eigenvalue weighted by Gasteiger charge is 2.32. The van der Waals surface area contributed by atoms with E-state index >= 15 is 0 Å². The summed E-state index contributed by atoms with van der Waals surface area (Å²) in [4.78, 5) is 12.5. The van der Waals surface area contributed by atoms with Crippen molar-refractivity contribution >= 4 is 5.91 Å². The van der Waals surface area contributed by atoms with E-state index in [1.165, 1.54) is 11.1 Å². The third-order valence-corrected chi connectivity index (χ3v) is 4.85. The Balaban J connectivity index is 1.64. The summed E-state index contributed by atoms with van der Waals surface area (Å²) in [6.45, 7) is 4.19. The second-order valence-electron chi connectivity index (χ2n) is 6.51. The average molecular weight is 272 g/mol. The number of aryl methyl sites for hydroxylation is 1. The maximum atomic E-state index is 12.5. The highest BCUT2D eigenvalue weighted by molar-refractivity contribution is 5.80. The van der Waals surface area contributed by atoms with E-state index in [0.717, 1.165) is 45.2 Å². The molecule has 1 aliphatic carbocycles. The van der Waals surface area contributed by atoms with E-state index in [4.69, 9.17) is 0 Å². The molecule has 1 heterocycles. The summed E-state index contributed by atoms with van der Waals surface area (Å²) < 4.78 is 0. The first-order valence-corrected chi connectivity index (χ1v) is 7.76. The van der Waals surface area contributed by atoms with Gasteiger partial charge in [-0.15, -0.1) is 0 Å². The van der Waals surface area contributed by atoms with Crippen LogP contribution in [0.4, 0.5) is 0 Å². The standard InChI is InChI=1S/C17H24N2O/c1-17(8-10-18-11-9-17)19-16(20)15-7-6-13-4-2-3-5-14(13)12-15/h2-5,15,18H,6-12H2,1H3,(H,19,20). The van der Waals surface area contributed by atoms with E-state index in [9.17, 15) is 4.79 Å². The minimum absolute atomic E-state index is 0.0146. The van der Waals surface area contributed by atoms with Crippen molar-refractivity contribution in [3.05, 3.63) is 35.4 Å². The molecule has 1 fully saturated rings. The normalized spacial score (nSPS) is 24.8. The van der Waals surface area contributed by atoms with Crippen LogP contribution in [0.5, 0.6) is 0 Å². The number of benzene rings is 1. The van der Waals surface area contributed by atoms with Gasteiger partial charge in [-0.1, -0.05) is 24.3 Å². The molecular weight excluding hydrogens is 248 g/mol. The molecule has 2 N–H and O–H groups in total. The zero-order chi connectivity index (χ0) is 14.0. The first-order valence-electron chi connectivity index (χ1n) is 7.76. The first-order chi connectivity index (χ1) is 9.66. The van der Waals surface area contributed by atoms with Gasteiger partial charge in [0.2, 0.25) is 5.91 Å². The molecule has 0 saturated carbocycles. The number of carbonyl (C=O) groups excluding carboxylic acids is 1. The van der Waals surface area contributed by atoms with Crippen LogP contribution in [0.2, 0.25) is 0 Å². The molecule has 1 amide bonds. The minimum Gasteiger partial charge on any atom is -0.351 e. The number of nitrogens with one attached hydrogen (secondary N) is 2. The molecule has 0 spiro atoms. The van der Waals surface area contributed by atoms with Gasteiger partial charge in [0.1, 0.15) is 0 Å². The third-order valence-electron chi connectivity index (χ3n) is 4.85. The van der Waals surface area contributed by atoms with Gasteiger partial charge in [0.05, 0.1) is 0 Å². The van der Waals surface area contributed by atoms with Gasteiger partial charge in [-0.25, -0.2) is 0 Å². The molecule has 1 unspecified atom stereocenters. The Morgan fingerprint density at radius 2 is 1.95 bits per heavy atom. The molecule has 1 saturated heterocycles. The Kier molecular flexibility index (Phi) is 3.79. The van der Waals surface area contributed by atoms with Crippen LogP contribution in [-0.2, 0) is 17.6 Å². The second kappa shape index (κ2) is 5.57. The van der Waals surface area contributed by atoms with Crippen molar-refractivity contribution in [1.82, 2.24) is 10.6 Å². The van der Waals surface area contributed by atoms with Crippen LogP contribution in [0, 0.1) is 5.92 Å². The van der Waals surface area contributed by atoms with E-state index in [2.05, 4.69) is 41.8 Å². The fourth-order valence-electron chi connectivity index (χ4n) is 3.42. The Morgan fingerprint density at radius 3 is 2.70 bits per heavy atom. The maximum absolute atomic E-state index is 12.5. The zero-order valence-corrected chi connectivity index (χ0v) is 12.2. The average Bonchev–Trinajstić information content (AvgIpc) is 2.47. The van der Waals surface area contributed by atoms with E-state index in [-0.39, 0.29) is 17.4 Å².